The highest BCUT2D eigenvalue weighted by Crippen LogP contribution is 2.43. The fourth-order valence-electron chi connectivity index (χ4n) is 7.60. The van der Waals surface area contributed by atoms with Crippen molar-refractivity contribution in [2.45, 2.75) is 19.3 Å². The number of carbonyl (C=O) groups excluding carboxylic acids is 2. The number of ether oxygens (including phenoxy) is 1. The highest BCUT2D eigenvalue weighted by molar-refractivity contribution is 6.03. The van der Waals surface area contributed by atoms with Gasteiger partial charge in [-0.2, -0.15) is 15.0 Å². The van der Waals surface area contributed by atoms with Crippen LogP contribution in [0.1, 0.15) is 30.4 Å². The zero-order valence-electron chi connectivity index (χ0n) is 28.4. The van der Waals surface area contributed by atoms with E-state index in [1.807, 2.05) is 58.3 Å². The number of nitriles is 1. The normalized spacial score (nSPS) is 19.2. The van der Waals surface area contributed by atoms with Crippen LogP contribution in [-0.2, 0) is 16.6 Å². The predicted molar refractivity (Wildman–Crippen MR) is 190 cm³/mol. The number of aromatic nitrogens is 4. The van der Waals surface area contributed by atoms with E-state index in [0.717, 1.165) is 58.2 Å². The minimum atomic E-state index is -0.506. The molecule has 2 fully saturated rings. The summed E-state index contributed by atoms with van der Waals surface area (Å²) < 4.78 is 11.8. The number of aryl methyl sites for hydroxylation is 1. The van der Waals surface area contributed by atoms with Crippen molar-refractivity contribution in [3.8, 4) is 34.5 Å². The van der Waals surface area contributed by atoms with Crippen molar-refractivity contribution in [2.24, 2.45) is 12.5 Å². The number of nitrogens with one attached hydrogen (secondary N) is 1. The van der Waals surface area contributed by atoms with Gasteiger partial charge in [0.1, 0.15) is 17.5 Å². The molecule has 5 aromatic rings. The molecule has 0 saturated carbocycles. The van der Waals surface area contributed by atoms with Crippen LogP contribution < -0.4 is 15.4 Å². The SMILES string of the molecule is COc1cc(-c2n[nH]c3ccc(N4CC[C@]5(CCN(CC(=O)N6CC=C(c7ccc(-c8nn(C)c(=O)o8)cc7)CC6)C5)C4=O)cc23)ccc1C#N. The monoisotopic (exact) mass is 684 g/mol. The Morgan fingerprint density at radius 1 is 1.02 bits per heavy atom. The Balaban J connectivity index is 0.901. The molecule has 13 heteroatoms. The molecule has 1 N–H and O–H groups in total. The average Bonchev–Trinajstić information content (AvgIpc) is 3.94. The van der Waals surface area contributed by atoms with Crippen LogP contribution in [0.15, 0.2) is 76.0 Å². The second kappa shape index (κ2) is 12.7. The highest BCUT2D eigenvalue weighted by atomic mass is 16.5. The molecule has 0 aliphatic carbocycles. The molecule has 8 rings (SSSR count). The third-order valence-electron chi connectivity index (χ3n) is 10.5. The number of benzene rings is 3. The molecular formula is C38H36N8O5. The molecule has 3 aliphatic heterocycles. The van der Waals surface area contributed by atoms with Gasteiger partial charge < -0.3 is 19.0 Å². The minimum Gasteiger partial charge on any atom is -0.495 e. The Morgan fingerprint density at radius 2 is 1.80 bits per heavy atom. The number of likely N-dealkylation sites (tertiary alicyclic amines) is 1. The van der Waals surface area contributed by atoms with Crippen LogP contribution in [0.25, 0.3) is 39.2 Å². The Labute approximate surface area is 293 Å². The number of rotatable bonds is 7. The maximum Gasteiger partial charge on any atom is 0.437 e. The summed E-state index contributed by atoms with van der Waals surface area (Å²) in [6.07, 6.45) is 4.30. The quantitative estimate of drug-likeness (QED) is 0.266. The Morgan fingerprint density at radius 3 is 2.53 bits per heavy atom. The lowest BCUT2D eigenvalue weighted by molar-refractivity contribution is -0.132. The van der Waals surface area contributed by atoms with Gasteiger partial charge in [-0.15, -0.1) is 5.10 Å². The summed E-state index contributed by atoms with van der Waals surface area (Å²) in [5.41, 5.74) is 6.09. The number of hydrogen-bond donors (Lipinski definition) is 1. The van der Waals surface area contributed by atoms with Gasteiger partial charge in [-0.25, -0.2) is 4.79 Å². The van der Waals surface area contributed by atoms with E-state index in [-0.39, 0.29) is 17.7 Å². The molecule has 0 radical (unpaired) electrons. The van der Waals surface area contributed by atoms with Crippen LogP contribution in [-0.4, -0.2) is 88.0 Å². The average molecular weight is 685 g/mol. The van der Waals surface area contributed by atoms with E-state index in [1.165, 1.54) is 17.4 Å². The first-order valence-electron chi connectivity index (χ1n) is 17.0. The molecule has 3 aromatic carbocycles. The van der Waals surface area contributed by atoms with Crippen LogP contribution in [0.4, 0.5) is 5.69 Å². The van der Waals surface area contributed by atoms with E-state index in [2.05, 4.69) is 32.3 Å². The molecule has 3 aliphatic rings. The first-order valence-corrected chi connectivity index (χ1v) is 17.0. The Bertz CT molecular complexity index is 2310. The van der Waals surface area contributed by atoms with Crippen molar-refractivity contribution in [2.75, 3.05) is 51.3 Å². The van der Waals surface area contributed by atoms with Crippen molar-refractivity contribution in [3.05, 3.63) is 88.4 Å². The minimum absolute atomic E-state index is 0.0718. The van der Waals surface area contributed by atoms with Crippen molar-refractivity contribution in [1.82, 2.24) is 29.8 Å². The summed E-state index contributed by atoms with van der Waals surface area (Å²) in [7, 11) is 3.08. The number of methoxy groups -OCH3 is 1. The number of hydrogen-bond acceptors (Lipinski definition) is 9. The van der Waals surface area contributed by atoms with Crippen LogP contribution in [0.5, 0.6) is 5.75 Å². The van der Waals surface area contributed by atoms with Crippen LogP contribution in [0, 0.1) is 16.7 Å². The number of amides is 2. The molecule has 0 bridgehead atoms. The summed E-state index contributed by atoms with van der Waals surface area (Å²) >= 11 is 0. The molecule has 13 nitrogen and oxygen atoms in total. The number of carbonyl (C=O) groups is 2. The van der Waals surface area contributed by atoms with E-state index >= 15 is 0 Å². The molecule has 258 valence electrons. The number of anilines is 1. The molecule has 1 atom stereocenters. The van der Waals surface area contributed by atoms with Crippen molar-refractivity contribution in [1.29, 1.82) is 5.26 Å². The summed E-state index contributed by atoms with van der Waals surface area (Å²) in [4.78, 5) is 45.0. The van der Waals surface area contributed by atoms with Crippen molar-refractivity contribution >= 4 is 34.0 Å². The summed E-state index contributed by atoms with van der Waals surface area (Å²) in [5.74, 6) is 0.432. The summed E-state index contributed by atoms with van der Waals surface area (Å²) in [5, 5.41) is 22.0. The largest absolute Gasteiger partial charge is 0.495 e. The van der Waals surface area contributed by atoms with Gasteiger partial charge in [-0.05, 0) is 79.4 Å². The van der Waals surface area contributed by atoms with E-state index < -0.39 is 11.2 Å². The maximum absolute atomic E-state index is 14.0. The zero-order chi connectivity index (χ0) is 35.3. The van der Waals surface area contributed by atoms with Crippen molar-refractivity contribution in [3.63, 3.8) is 0 Å². The fourth-order valence-corrected chi connectivity index (χ4v) is 7.60. The Hall–Kier alpha value is -6.00. The van der Waals surface area contributed by atoms with Gasteiger partial charge in [-0.1, -0.05) is 24.3 Å². The van der Waals surface area contributed by atoms with E-state index in [4.69, 9.17) is 9.15 Å². The molecule has 2 amide bonds. The van der Waals surface area contributed by atoms with Crippen molar-refractivity contribution < 1.29 is 18.7 Å². The lowest BCUT2D eigenvalue weighted by Gasteiger charge is -2.29. The molecule has 2 saturated heterocycles. The van der Waals surface area contributed by atoms with E-state index in [1.54, 1.807) is 19.2 Å². The molecule has 2 aromatic heterocycles. The highest BCUT2D eigenvalue weighted by Gasteiger charge is 2.51. The molecule has 1 spiro atoms. The van der Waals surface area contributed by atoms with Gasteiger partial charge in [0.25, 0.3) is 0 Å². The van der Waals surface area contributed by atoms with Crippen LogP contribution in [0.2, 0.25) is 0 Å². The molecule has 5 heterocycles. The lowest BCUT2D eigenvalue weighted by atomic mass is 9.85. The molecule has 0 unspecified atom stereocenters. The third kappa shape index (κ3) is 5.77. The van der Waals surface area contributed by atoms with Gasteiger partial charge in [0.05, 0.1) is 30.1 Å². The number of nitrogens with zero attached hydrogens (tertiary/aromatic N) is 7. The summed E-state index contributed by atoms with van der Waals surface area (Å²) in [6.45, 7) is 3.33. The van der Waals surface area contributed by atoms with Crippen LogP contribution in [0.3, 0.4) is 0 Å². The van der Waals surface area contributed by atoms with Gasteiger partial charge in [0.2, 0.25) is 17.7 Å². The van der Waals surface area contributed by atoms with Gasteiger partial charge in [0, 0.05) is 55.4 Å². The van der Waals surface area contributed by atoms with Gasteiger partial charge in [-0.3, -0.25) is 19.6 Å². The molecule has 51 heavy (non-hydrogen) atoms. The van der Waals surface area contributed by atoms with Gasteiger partial charge in [0.15, 0.2) is 0 Å². The zero-order valence-corrected chi connectivity index (χ0v) is 28.4. The molecular weight excluding hydrogens is 648 g/mol. The second-order valence-corrected chi connectivity index (χ2v) is 13.5. The Kier molecular flexibility index (Phi) is 8.03. The summed E-state index contributed by atoms with van der Waals surface area (Å²) in [6, 6.07) is 21.1. The van der Waals surface area contributed by atoms with E-state index in [0.29, 0.717) is 50.6 Å². The van der Waals surface area contributed by atoms with Crippen LogP contribution >= 0.6 is 0 Å². The van der Waals surface area contributed by atoms with E-state index in [9.17, 15) is 19.6 Å². The first kappa shape index (κ1) is 32.2. The van der Waals surface area contributed by atoms with Gasteiger partial charge >= 0.3 is 5.76 Å². The number of aromatic amines is 1. The maximum atomic E-state index is 14.0. The first-order chi connectivity index (χ1) is 24.7. The lowest BCUT2D eigenvalue weighted by Crippen LogP contribution is -2.43. The number of fused-ring (bicyclic) bond motifs is 1. The topological polar surface area (TPSA) is 154 Å². The number of H-pyrrole nitrogens is 1. The second-order valence-electron chi connectivity index (χ2n) is 13.5. The third-order valence-corrected chi connectivity index (χ3v) is 10.5. The standard InChI is InChI=1S/C38H36N8O5/c1-43-37(49)51-35(42-43)26-5-3-24(4-6-26)25-11-15-45(16-12-25)33(47)22-44-17-13-38(23-44)14-18-46(36(38)48)29-9-10-31-30(20-29)34(41-40-31)27-7-8-28(21-39)32(19-27)50-2/h3-11,19-20H,12-18,22-23H2,1-2H3,(H,40,41)/t38-/m0/s1. The fraction of sp³-hybridized carbons (Fsp3) is 0.316. The predicted octanol–water partition coefficient (Wildman–Crippen LogP) is 4.21. The smallest absolute Gasteiger partial charge is 0.437 e.